The Morgan fingerprint density at radius 1 is 1.43 bits per heavy atom. The molecule has 0 spiro atoms. The number of amides is 1. The van der Waals surface area contributed by atoms with E-state index in [1.165, 1.54) is 0 Å². The van der Waals surface area contributed by atoms with Gasteiger partial charge in [0.2, 0.25) is 5.91 Å². The third-order valence-corrected chi connectivity index (χ3v) is 2.46. The fraction of sp³-hybridized carbons (Fsp3) is 0.667. The number of hydrogen-bond donors (Lipinski definition) is 3. The fourth-order valence-corrected chi connectivity index (χ4v) is 1.49. The molecule has 3 N–H and O–H groups in total. The number of rotatable bonds is 5. The number of nitrogens with one attached hydrogen (secondary N) is 1. The number of aliphatic carboxylic acids is 1. The monoisotopic (exact) mass is 225 g/mol. The van der Waals surface area contributed by atoms with E-state index in [9.17, 15) is 18.0 Å². The molecular formula is C6H11NO6S. The Morgan fingerprint density at radius 2 is 1.93 bits per heavy atom. The molecule has 1 atom stereocenters. The summed E-state index contributed by atoms with van der Waals surface area (Å²) in [6.07, 6.45) is -0.954. The third-order valence-electron chi connectivity index (χ3n) is 1.36. The van der Waals surface area contributed by atoms with E-state index in [1.54, 1.807) is 6.92 Å². The lowest BCUT2D eigenvalue weighted by Gasteiger charge is -2.10. The minimum atomic E-state index is -4.67. The van der Waals surface area contributed by atoms with E-state index in [2.05, 4.69) is 5.32 Å². The Morgan fingerprint density at radius 3 is 2.21 bits per heavy atom. The summed E-state index contributed by atoms with van der Waals surface area (Å²) < 4.78 is 29.8. The molecule has 0 aromatic carbocycles. The summed E-state index contributed by atoms with van der Waals surface area (Å²) in [5.41, 5.74) is 0. The lowest BCUT2D eigenvalue weighted by Crippen LogP contribution is -2.40. The highest BCUT2D eigenvalue weighted by molar-refractivity contribution is 7.87. The first-order valence-corrected chi connectivity index (χ1v) is 5.25. The molecule has 0 aromatic heterocycles. The molecule has 0 heterocycles. The molecule has 0 aromatic rings. The van der Waals surface area contributed by atoms with Gasteiger partial charge in [-0.25, -0.2) is 0 Å². The number of carbonyl (C=O) groups excluding carboxylic acids is 1. The van der Waals surface area contributed by atoms with Crippen molar-refractivity contribution in [2.75, 3.05) is 6.54 Å². The maximum absolute atomic E-state index is 11.0. The largest absolute Gasteiger partial charge is 0.481 e. The van der Waals surface area contributed by atoms with Gasteiger partial charge in [-0.15, -0.1) is 0 Å². The Bertz CT molecular complexity index is 321. The van der Waals surface area contributed by atoms with E-state index in [0.29, 0.717) is 0 Å². The van der Waals surface area contributed by atoms with Gasteiger partial charge >= 0.3 is 5.97 Å². The standard InChI is InChI=1S/C6H11NO6S/c1-2-7-6(10)4(3-5(8)9)14(11,12)13/h4H,2-3H2,1H3,(H,7,10)(H,8,9)(H,11,12,13). The molecule has 0 saturated carbocycles. The number of carbonyl (C=O) groups is 2. The van der Waals surface area contributed by atoms with Crippen molar-refractivity contribution in [3.8, 4) is 0 Å². The number of hydrogen-bond acceptors (Lipinski definition) is 4. The van der Waals surface area contributed by atoms with Crippen LogP contribution >= 0.6 is 0 Å². The summed E-state index contributed by atoms with van der Waals surface area (Å²) in [6, 6.07) is 0. The SMILES string of the molecule is CCNC(=O)C(CC(=O)O)S(=O)(=O)O. The van der Waals surface area contributed by atoms with Crippen LogP contribution in [0.15, 0.2) is 0 Å². The van der Waals surface area contributed by atoms with Gasteiger partial charge in [-0.1, -0.05) is 0 Å². The third kappa shape index (κ3) is 4.19. The molecule has 0 aliphatic rings. The van der Waals surface area contributed by atoms with Crippen molar-refractivity contribution in [3.05, 3.63) is 0 Å². The van der Waals surface area contributed by atoms with Gasteiger partial charge in [-0.05, 0) is 6.92 Å². The molecule has 0 fully saturated rings. The van der Waals surface area contributed by atoms with Crippen molar-refractivity contribution in [1.82, 2.24) is 5.32 Å². The van der Waals surface area contributed by atoms with Crippen molar-refractivity contribution in [2.24, 2.45) is 0 Å². The zero-order chi connectivity index (χ0) is 11.4. The van der Waals surface area contributed by atoms with Crippen molar-refractivity contribution in [1.29, 1.82) is 0 Å². The molecule has 7 nitrogen and oxygen atoms in total. The minimum absolute atomic E-state index is 0.157. The van der Waals surface area contributed by atoms with Crippen LogP contribution in [0, 0.1) is 0 Å². The molecule has 82 valence electrons. The molecule has 0 radical (unpaired) electrons. The van der Waals surface area contributed by atoms with Crippen LogP contribution in [0.5, 0.6) is 0 Å². The normalized spacial score (nSPS) is 13.3. The average molecular weight is 225 g/mol. The maximum Gasteiger partial charge on any atom is 0.305 e. The topological polar surface area (TPSA) is 121 Å². The summed E-state index contributed by atoms with van der Waals surface area (Å²) in [5.74, 6) is -2.49. The van der Waals surface area contributed by atoms with Crippen LogP contribution in [0.3, 0.4) is 0 Å². The highest BCUT2D eigenvalue weighted by Gasteiger charge is 2.32. The van der Waals surface area contributed by atoms with Gasteiger partial charge in [0, 0.05) is 6.54 Å². The zero-order valence-electron chi connectivity index (χ0n) is 7.43. The summed E-state index contributed by atoms with van der Waals surface area (Å²) in [5, 5.41) is 8.48. The van der Waals surface area contributed by atoms with E-state index in [1.807, 2.05) is 0 Å². The second-order valence-corrected chi connectivity index (χ2v) is 4.10. The fourth-order valence-electron chi connectivity index (χ4n) is 0.780. The van der Waals surface area contributed by atoms with Gasteiger partial charge < -0.3 is 10.4 Å². The first-order valence-electron chi connectivity index (χ1n) is 3.74. The Balaban J connectivity index is 4.74. The highest BCUT2D eigenvalue weighted by atomic mass is 32.2. The predicted octanol–water partition coefficient (Wildman–Crippen LogP) is -1.15. The van der Waals surface area contributed by atoms with E-state index >= 15 is 0 Å². The summed E-state index contributed by atoms with van der Waals surface area (Å²) in [6.45, 7) is 1.70. The van der Waals surface area contributed by atoms with Gasteiger partial charge in [0.15, 0.2) is 5.25 Å². The highest BCUT2D eigenvalue weighted by Crippen LogP contribution is 2.04. The molecule has 1 unspecified atom stereocenters. The molecule has 14 heavy (non-hydrogen) atoms. The molecular weight excluding hydrogens is 214 g/mol. The van der Waals surface area contributed by atoms with E-state index < -0.39 is 33.7 Å². The van der Waals surface area contributed by atoms with Crippen molar-refractivity contribution < 1.29 is 27.7 Å². The van der Waals surface area contributed by atoms with E-state index in [4.69, 9.17) is 9.66 Å². The molecule has 0 rings (SSSR count). The van der Waals surface area contributed by atoms with Crippen LogP contribution in [0.25, 0.3) is 0 Å². The van der Waals surface area contributed by atoms with Crippen molar-refractivity contribution >= 4 is 22.0 Å². The second kappa shape index (κ2) is 4.91. The molecule has 8 heteroatoms. The Hall–Kier alpha value is -1.15. The van der Waals surface area contributed by atoms with Crippen LogP contribution in [0.2, 0.25) is 0 Å². The number of carboxylic acids is 1. The lowest BCUT2D eigenvalue weighted by molar-refractivity contribution is -0.138. The first kappa shape index (κ1) is 12.8. The summed E-state index contributed by atoms with van der Waals surface area (Å²) in [4.78, 5) is 21.2. The predicted molar refractivity (Wildman–Crippen MR) is 46.3 cm³/mol. The van der Waals surface area contributed by atoms with Crippen molar-refractivity contribution in [3.63, 3.8) is 0 Å². The van der Waals surface area contributed by atoms with Gasteiger partial charge in [0.25, 0.3) is 10.1 Å². The van der Waals surface area contributed by atoms with Gasteiger partial charge in [0.1, 0.15) is 0 Å². The Labute approximate surface area is 80.9 Å². The summed E-state index contributed by atoms with van der Waals surface area (Å²) >= 11 is 0. The van der Waals surface area contributed by atoms with Gasteiger partial charge in [-0.2, -0.15) is 8.42 Å². The first-order chi connectivity index (χ1) is 6.29. The molecule has 0 bridgehead atoms. The zero-order valence-corrected chi connectivity index (χ0v) is 8.24. The van der Waals surface area contributed by atoms with Crippen LogP contribution in [-0.4, -0.2) is 41.7 Å². The van der Waals surface area contributed by atoms with Gasteiger partial charge in [-0.3, -0.25) is 14.1 Å². The van der Waals surface area contributed by atoms with E-state index in [-0.39, 0.29) is 6.54 Å². The smallest absolute Gasteiger partial charge is 0.305 e. The Kier molecular flexibility index (Phi) is 4.51. The molecule has 0 aliphatic heterocycles. The van der Waals surface area contributed by atoms with Gasteiger partial charge in [0.05, 0.1) is 6.42 Å². The van der Waals surface area contributed by atoms with Crippen molar-refractivity contribution in [2.45, 2.75) is 18.6 Å². The summed E-state index contributed by atoms with van der Waals surface area (Å²) in [7, 11) is -4.67. The van der Waals surface area contributed by atoms with E-state index in [0.717, 1.165) is 0 Å². The quantitative estimate of drug-likeness (QED) is 0.508. The van der Waals surface area contributed by atoms with Crippen LogP contribution in [-0.2, 0) is 19.7 Å². The van der Waals surface area contributed by atoms with Crippen LogP contribution < -0.4 is 5.32 Å². The lowest BCUT2D eigenvalue weighted by atomic mass is 10.3. The molecule has 0 aliphatic carbocycles. The van der Waals surface area contributed by atoms with Crippen LogP contribution in [0.4, 0.5) is 0 Å². The molecule has 0 saturated heterocycles. The maximum atomic E-state index is 11.0. The average Bonchev–Trinajstić information content (AvgIpc) is 1.98. The minimum Gasteiger partial charge on any atom is -0.481 e. The second-order valence-electron chi connectivity index (χ2n) is 2.50. The number of carboxylic acid groups (broad SMARTS) is 1. The molecule has 1 amide bonds. The van der Waals surface area contributed by atoms with Crippen LogP contribution in [0.1, 0.15) is 13.3 Å².